The molecule has 22 heavy (non-hydrogen) atoms. The Balaban J connectivity index is 2.47. The monoisotopic (exact) mass is 339 g/mol. The van der Waals surface area contributed by atoms with Crippen LogP contribution >= 0.6 is 7.82 Å². The number of hydrogen-bond donors (Lipinski definition) is 6. The van der Waals surface area contributed by atoms with Crippen molar-refractivity contribution in [1.29, 1.82) is 5.41 Å². The van der Waals surface area contributed by atoms with Gasteiger partial charge in [0.25, 0.3) is 0 Å². The van der Waals surface area contributed by atoms with Crippen molar-refractivity contribution in [2.45, 2.75) is 24.5 Å². The van der Waals surface area contributed by atoms with Crippen molar-refractivity contribution < 1.29 is 39.0 Å². The van der Waals surface area contributed by atoms with Crippen LogP contribution in [0, 0.1) is 5.41 Å². The molecule has 1 fully saturated rings. The number of nitrogens with one attached hydrogen (secondary N) is 1. The summed E-state index contributed by atoms with van der Waals surface area (Å²) in [5.41, 5.74) is -1.69. The maximum Gasteiger partial charge on any atom is 0.470 e. The van der Waals surface area contributed by atoms with E-state index in [9.17, 15) is 19.7 Å². The summed E-state index contributed by atoms with van der Waals surface area (Å²) < 4.78 is 21.2. The Bertz CT molecular complexity index is 709. The SMILES string of the molecule is N=c1ccn([C@@H]2O[C@H](CO)[C@@H](O)[C@H]2OP(=O)(O)O)c(=O)n1O. The third-order valence-corrected chi connectivity index (χ3v) is 3.57. The van der Waals surface area contributed by atoms with E-state index in [1.54, 1.807) is 0 Å². The number of aliphatic hydroxyl groups excluding tert-OH is 2. The number of rotatable bonds is 4. The maximum atomic E-state index is 11.9. The zero-order chi connectivity index (χ0) is 16.7. The summed E-state index contributed by atoms with van der Waals surface area (Å²) in [6, 6.07) is 1.01. The first kappa shape index (κ1) is 16.8. The second-order valence-corrected chi connectivity index (χ2v) is 5.69. The maximum absolute atomic E-state index is 11.9. The molecule has 0 radical (unpaired) electrons. The number of aromatic nitrogens is 2. The quantitative estimate of drug-likeness (QED) is 0.247. The van der Waals surface area contributed by atoms with Gasteiger partial charge in [-0.05, 0) is 0 Å². The smallest absolute Gasteiger partial charge is 0.422 e. The lowest BCUT2D eigenvalue weighted by Gasteiger charge is -2.22. The van der Waals surface area contributed by atoms with E-state index in [-0.39, 0.29) is 4.73 Å². The van der Waals surface area contributed by atoms with Crippen molar-refractivity contribution in [3.05, 3.63) is 28.2 Å². The molecule has 0 aromatic carbocycles. The Morgan fingerprint density at radius 2 is 2.09 bits per heavy atom. The number of phosphoric ester groups is 1. The van der Waals surface area contributed by atoms with Crippen molar-refractivity contribution in [1.82, 2.24) is 9.30 Å². The molecule has 6 N–H and O–H groups in total. The highest BCUT2D eigenvalue weighted by Crippen LogP contribution is 2.44. The third-order valence-electron chi connectivity index (χ3n) is 3.05. The lowest BCUT2D eigenvalue weighted by molar-refractivity contribution is -0.0572. The average molecular weight is 339 g/mol. The molecule has 0 aliphatic carbocycles. The minimum atomic E-state index is -5.03. The molecule has 1 aromatic heterocycles. The van der Waals surface area contributed by atoms with E-state index in [1.807, 2.05) is 0 Å². The Hall–Kier alpha value is -1.53. The Morgan fingerprint density at radius 1 is 1.45 bits per heavy atom. The van der Waals surface area contributed by atoms with Gasteiger partial charge in [-0.15, -0.1) is 4.73 Å². The largest absolute Gasteiger partial charge is 0.470 e. The highest BCUT2D eigenvalue weighted by molar-refractivity contribution is 7.46. The molecule has 12 nitrogen and oxygen atoms in total. The molecule has 0 spiro atoms. The lowest BCUT2D eigenvalue weighted by atomic mass is 10.1. The normalized spacial score (nSPS) is 28.9. The second kappa shape index (κ2) is 5.93. The van der Waals surface area contributed by atoms with Gasteiger partial charge in [-0.2, -0.15) is 0 Å². The fourth-order valence-corrected chi connectivity index (χ4v) is 2.60. The fourth-order valence-electron chi connectivity index (χ4n) is 2.06. The van der Waals surface area contributed by atoms with Gasteiger partial charge in [-0.1, -0.05) is 0 Å². The van der Waals surface area contributed by atoms with Crippen LogP contribution in [0.5, 0.6) is 0 Å². The zero-order valence-electron chi connectivity index (χ0n) is 10.9. The predicted octanol–water partition coefficient (Wildman–Crippen LogP) is -2.90. The Labute approximate surface area is 122 Å². The second-order valence-electron chi connectivity index (χ2n) is 4.50. The van der Waals surface area contributed by atoms with Crippen molar-refractivity contribution in [2.24, 2.45) is 0 Å². The Morgan fingerprint density at radius 3 is 2.64 bits per heavy atom. The van der Waals surface area contributed by atoms with Crippen LogP contribution in [-0.2, 0) is 13.8 Å². The van der Waals surface area contributed by atoms with Gasteiger partial charge in [0.1, 0.15) is 18.3 Å². The topological polar surface area (TPSA) is 187 Å². The van der Waals surface area contributed by atoms with Gasteiger partial charge in [0.05, 0.1) is 6.61 Å². The summed E-state index contributed by atoms with van der Waals surface area (Å²) in [6.07, 6.45) is -5.06. The molecule has 13 heteroatoms. The third kappa shape index (κ3) is 3.13. The molecule has 1 aliphatic heterocycles. The molecule has 0 bridgehead atoms. The van der Waals surface area contributed by atoms with Gasteiger partial charge in [0, 0.05) is 12.3 Å². The standard InChI is InChI=1S/C9H14N3O9P/c10-5-1-2-11(9(15)12(5)16)8-7(21-22(17,18)19)6(14)4(3-13)20-8/h1-2,4,6-8,10,13-14,16H,3H2,(H2,17,18,19)/t4-,6-,7-,8-/m1/s1. The van der Waals surface area contributed by atoms with Gasteiger partial charge in [0.2, 0.25) is 0 Å². The van der Waals surface area contributed by atoms with Gasteiger partial charge in [0.15, 0.2) is 11.7 Å². The average Bonchev–Trinajstić information content (AvgIpc) is 2.72. The molecular formula is C9H14N3O9P. The molecule has 2 rings (SSSR count). The molecule has 2 heterocycles. The molecule has 0 saturated carbocycles. The number of nitrogens with zero attached hydrogens (tertiary/aromatic N) is 2. The lowest BCUT2D eigenvalue weighted by Crippen LogP contribution is -2.42. The van der Waals surface area contributed by atoms with Crippen LogP contribution < -0.4 is 11.2 Å². The molecule has 0 amide bonds. The van der Waals surface area contributed by atoms with E-state index >= 15 is 0 Å². The summed E-state index contributed by atoms with van der Waals surface area (Å²) in [7, 11) is -5.03. The summed E-state index contributed by atoms with van der Waals surface area (Å²) in [6.45, 7) is -0.691. The molecule has 0 unspecified atom stereocenters. The van der Waals surface area contributed by atoms with Crippen LogP contribution in [0.25, 0.3) is 0 Å². The molecule has 1 aliphatic rings. The number of aliphatic hydroxyl groups is 2. The van der Waals surface area contributed by atoms with Crippen LogP contribution in [0.15, 0.2) is 17.1 Å². The Kier molecular flexibility index (Phi) is 4.54. The molecular weight excluding hydrogens is 325 g/mol. The van der Waals surface area contributed by atoms with Gasteiger partial charge >= 0.3 is 13.5 Å². The zero-order valence-corrected chi connectivity index (χ0v) is 11.8. The van der Waals surface area contributed by atoms with Gasteiger partial charge in [-0.3, -0.25) is 14.5 Å². The first-order valence-electron chi connectivity index (χ1n) is 5.92. The number of hydrogen-bond acceptors (Lipinski definition) is 8. The van der Waals surface area contributed by atoms with E-state index in [1.165, 1.54) is 0 Å². The summed E-state index contributed by atoms with van der Waals surface area (Å²) in [5.74, 6) is 0. The van der Waals surface area contributed by atoms with E-state index in [2.05, 4.69) is 4.52 Å². The molecule has 124 valence electrons. The highest BCUT2D eigenvalue weighted by atomic mass is 31.2. The van der Waals surface area contributed by atoms with E-state index in [0.717, 1.165) is 12.3 Å². The van der Waals surface area contributed by atoms with E-state index in [0.29, 0.717) is 4.57 Å². The van der Waals surface area contributed by atoms with E-state index in [4.69, 9.17) is 25.0 Å². The van der Waals surface area contributed by atoms with Crippen LogP contribution in [0.1, 0.15) is 6.23 Å². The van der Waals surface area contributed by atoms with Gasteiger partial charge in [-0.25, -0.2) is 9.36 Å². The van der Waals surface area contributed by atoms with Crippen molar-refractivity contribution in [3.8, 4) is 0 Å². The first-order valence-corrected chi connectivity index (χ1v) is 7.45. The molecule has 1 aromatic rings. The van der Waals surface area contributed by atoms with E-state index < -0.39 is 50.1 Å². The van der Waals surface area contributed by atoms with Crippen molar-refractivity contribution in [3.63, 3.8) is 0 Å². The van der Waals surface area contributed by atoms with Crippen LogP contribution in [0.3, 0.4) is 0 Å². The van der Waals surface area contributed by atoms with Crippen LogP contribution in [0.2, 0.25) is 0 Å². The van der Waals surface area contributed by atoms with Crippen LogP contribution in [-0.4, -0.2) is 59.4 Å². The number of ether oxygens (including phenoxy) is 1. The molecule has 4 atom stereocenters. The minimum absolute atomic E-state index is 0.0312. The molecule has 1 saturated heterocycles. The summed E-state index contributed by atoms with van der Waals surface area (Å²) in [4.78, 5) is 29.6. The number of phosphoric acid groups is 1. The summed E-state index contributed by atoms with van der Waals surface area (Å²) in [5, 5.41) is 35.6. The van der Waals surface area contributed by atoms with Crippen molar-refractivity contribution in [2.75, 3.05) is 6.61 Å². The van der Waals surface area contributed by atoms with Crippen molar-refractivity contribution >= 4 is 7.82 Å². The summed E-state index contributed by atoms with van der Waals surface area (Å²) >= 11 is 0. The highest BCUT2D eigenvalue weighted by Gasteiger charge is 2.48. The van der Waals surface area contributed by atoms with Crippen LogP contribution in [0.4, 0.5) is 0 Å². The predicted molar refractivity (Wildman–Crippen MR) is 65.7 cm³/mol. The fraction of sp³-hybridized carbons (Fsp3) is 0.556. The van der Waals surface area contributed by atoms with Gasteiger partial charge < -0.3 is 29.9 Å². The minimum Gasteiger partial charge on any atom is -0.422 e. The first-order chi connectivity index (χ1) is 10.2.